The average molecular weight is 489 g/mol. The van der Waals surface area contributed by atoms with E-state index in [4.69, 9.17) is 4.74 Å². The number of hydrogen-bond donors (Lipinski definition) is 0. The number of aryl methyl sites for hydroxylation is 2. The molecule has 1 aliphatic heterocycles. The van der Waals surface area contributed by atoms with Crippen LogP contribution in [0.2, 0.25) is 0 Å². The molecule has 0 aromatic carbocycles. The molecule has 10 nitrogen and oxygen atoms in total. The molecule has 0 N–H and O–H groups in total. The Bertz CT molecular complexity index is 1220. The van der Waals surface area contributed by atoms with Gasteiger partial charge in [0.15, 0.2) is 0 Å². The van der Waals surface area contributed by atoms with Crippen LogP contribution in [0.4, 0.5) is 4.79 Å². The molecule has 4 rings (SSSR count). The maximum Gasteiger partial charge on any atom is 0.409 e. The van der Waals surface area contributed by atoms with Crippen molar-refractivity contribution in [1.29, 1.82) is 0 Å². The van der Waals surface area contributed by atoms with Gasteiger partial charge in [-0.25, -0.2) is 4.79 Å². The standard InChI is InChI=1S/C23H32N6O4S/c1-4-33-23(32)27-13-11-26(12-14-27)19(30)7-5-6-18-24-25-22-28(10-8-16(2)3)21(31)20-17(29(18)22)9-15-34-20/h9,15-16H,4-8,10-14H2,1-3H3. The molecule has 1 saturated heterocycles. The molecular weight excluding hydrogens is 456 g/mol. The molecule has 0 radical (unpaired) electrons. The van der Waals surface area contributed by atoms with Crippen molar-refractivity contribution in [1.82, 2.24) is 29.0 Å². The van der Waals surface area contributed by atoms with Crippen molar-refractivity contribution in [3.8, 4) is 0 Å². The predicted molar refractivity (Wildman–Crippen MR) is 130 cm³/mol. The fourth-order valence-corrected chi connectivity index (χ4v) is 5.06. The Morgan fingerprint density at radius 2 is 1.88 bits per heavy atom. The van der Waals surface area contributed by atoms with Gasteiger partial charge in [0.05, 0.1) is 12.1 Å². The first kappa shape index (κ1) is 24.2. The van der Waals surface area contributed by atoms with E-state index in [1.54, 1.807) is 21.3 Å². The average Bonchev–Trinajstić information content (AvgIpc) is 3.46. The van der Waals surface area contributed by atoms with Crippen LogP contribution in [-0.4, -0.2) is 73.8 Å². The van der Waals surface area contributed by atoms with Crippen LogP contribution < -0.4 is 5.56 Å². The van der Waals surface area contributed by atoms with Gasteiger partial charge in [0.1, 0.15) is 10.5 Å². The van der Waals surface area contributed by atoms with E-state index in [0.717, 1.165) is 17.8 Å². The second-order valence-electron chi connectivity index (χ2n) is 8.95. The number of nitrogens with zero attached hydrogens (tertiary/aromatic N) is 6. The van der Waals surface area contributed by atoms with E-state index in [0.29, 0.717) is 75.0 Å². The van der Waals surface area contributed by atoms with Gasteiger partial charge < -0.3 is 14.5 Å². The Hall–Kier alpha value is -2.95. The molecule has 0 aliphatic carbocycles. The van der Waals surface area contributed by atoms with Crippen LogP contribution in [0.1, 0.15) is 45.9 Å². The molecule has 184 valence electrons. The molecule has 2 amide bonds. The summed E-state index contributed by atoms with van der Waals surface area (Å²) in [6.07, 6.45) is 2.18. The van der Waals surface area contributed by atoms with Gasteiger partial charge in [0.25, 0.3) is 5.56 Å². The van der Waals surface area contributed by atoms with Crippen LogP contribution in [0.15, 0.2) is 16.2 Å². The molecule has 0 atom stereocenters. The second kappa shape index (κ2) is 10.5. The molecule has 3 aromatic rings. The quantitative estimate of drug-likeness (QED) is 0.483. The number of thiophene rings is 1. The SMILES string of the molecule is CCOC(=O)N1CCN(C(=O)CCCc2nnc3n(CCC(C)C)c(=O)c4sccc4n23)CC1. The third-order valence-corrected chi connectivity index (χ3v) is 7.05. The smallest absolute Gasteiger partial charge is 0.409 e. The minimum absolute atomic E-state index is 0.0192. The van der Waals surface area contributed by atoms with Crippen LogP contribution in [0.5, 0.6) is 0 Å². The van der Waals surface area contributed by atoms with E-state index in [-0.39, 0.29) is 17.6 Å². The summed E-state index contributed by atoms with van der Waals surface area (Å²) in [7, 11) is 0. The van der Waals surface area contributed by atoms with Crippen molar-refractivity contribution >= 4 is 39.3 Å². The molecule has 1 aliphatic rings. The first-order valence-corrected chi connectivity index (χ1v) is 12.8. The molecule has 34 heavy (non-hydrogen) atoms. The Morgan fingerprint density at radius 3 is 2.59 bits per heavy atom. The minimum Gasteiger partial charge on any atom is -0.450 e. The lowest BCUT2D eigenvalue weighted by molar-refractivity contribution is -0.132. The van der Waals surface area contributed by atoms with Crippen LogP contribution >= 0.6 is 11.3 Å². The summed E-state index contributed by atoms with van der Waals surface area (Å²) in [6.45, 7) is 9.01. The van der Waals surface area contributed by atoms with Crippen molar-refractivity contribution in [2.45, 2.75) is 53.0 Å². The summed E-state index contributed by atoms with van der Waals surface area (Å²) in [5, 5.41) is 10.7. The van der Waals surface area contributed by atoms with Gasteiger partial charge in [-0.15, -0.1) is 21.5 Å². The highest BCUT2D eigenvalue weighted by Gasteiger charge is 2.25. The number of aromatic nitrogens is 4. The maximum absolute atomic E-state index is 13.0. The largest absolute Gasteiger partial charge is 0.450 e. The monoisotopic (exact) mass is 488 g/mol. The summed E-state index contributed by atoms with van der Waals surface area (Å²) in [5.41, 5.74) is 0.807. The van der Waals surface area contributed by atoms with Gasteiger partial charge in [-0.05, 0) is 37.1 Å². The number of fused-ring (bicyclic) bond motifs is 3. The third-order valence-electron chi connectivity index (χ3n) is 6.16. The normalized spacial score (nSPS) is 14.5. The number of piperazine rings is 1. The number of amides is 2. The highest BCUT2D eigenvalue weighted by molar-refractivity contribution is 7.17. The van der Waals surface area contributed by atoms with Crippen LogP contribution in [-0.2, 0) is 22.5 Å². The summed E-state index contributed by atoms with van der Waals surface area (Å²) in [4.78, 5) is 41.0. The summed E-state index contributed by atoms with van der Waals surface area (Å²) >= 11 is 1.43. The minimum atomic E-state index is -0.320. The fraction of sp³-hybridized carbons (Fsp3) is 0.609. The van der Waals surface area contributed by atoms with E-state index >= 15 is 0 Å². The van der Waals surface area contributed by atoms with Crippen LogP contribution in [0.3, 0.4) is 0 Å². The number of carbonyl (C=O) groups excluding carboxylic acids is 2. The predicted octanol–water partition coefficient (Wildman–Crippen LogP) is 2.78. The molecule has 0 saturated carbocycles. The Morgan fingerprint density at radius 1 is 1.15 bits per heavy atom. The molecule has 3 aromatic heterocycles. The van der Waals surface area contributed by atoms with Crippen molar-refractivity contribution < 1.29 is 14.3 Å². The van der Waals surface area contributed by atoms with Gasteiger partial charge in [-0.2, -0.15) is 0 Å². The zero-order valence-corrected chi connectivity index (χ0v) is 20.8. The molecule has 1 fully saturated rings. The molecular formula is C23H32N6O4S. The fourth-order valence-electron chi connectivity index (χ4n) is 4.24. The van der Waals surface area contributed by atoms with Gasteiger partial charge in [-0.3, -0.25) is 18.6 Å². The lowest BCUT2D eigenvalue weighted by Gasteiger charge is -2.34. The van der Waals surface area contributed by atoms with Crippen molar-refractivity contribution in [3.05, 3.63) is 27.6 Å². The topological polar surface area (TPSA) is 102 Å². The van der Waals surface area contributed by atoms with Gasteiger partial charge in [0, 0.05) is 45.6 Å². The first-order chi connectivity index (χ1) is 16.4. The Labute approximate surface area is 202 Å². The van der Waals surface area contributed by atoms with Crippen LogP contribution in [0.25, 0.3) is 16.0 Å². The highest BCUT2D eigenvalue weighted by Crippen LogP contribution is 2.21. The molecule has 11 heteroatoms. The lowest BCUT2D eigenvalue weighted by Crippen LogP contribution is -2.50. The van der Waals surface area contributed by atoms with E-state index in [2.05, 4.69) is 24.0 Å². The van der Waals surface area contributed by atoms with E-state index < -0.39 is 0 Å². The molecule has 0 bridgehead atoms. The first-order valence-electron chi connectivity index (χ1n) is 11.9. The number of rotatable bonds is 8. The summed E-state index contributed by atoms with van der Waals surface area (Å²) in [6, 6.07) is 1.93. The van der Waals surface area contributed by atoms with Gasteiger partial charge >= 0.3 is 6.09 Å². The molecule has 0 spiro atoms. The number of carbonyl (C=O) groups is 2. The Balaban J connectivity index is 1.42. The number of ether oxygens (including phenoxy) is 1. The number of hydrogen-bond acceptors (Lipinski definition) is 7. The van der Waals surface area contributed by atoms with Gasteiger partial charge in [-0.1, -0.05) is 13.8 Å². The summed E-state index contributed by atoms with van der Waals surface area (Å²) < 4.78 is 9.43. The van der Waals surface area contributed by atoms with Gasteiger partial charge in [0.2, 0.25) is 11.7 Å². The second-order valence-corrected chi connectivity index (χ2v) is 9.86. The zero-order valence-electron chi connectivity index (χ0n) is 20.0. The zero-order chi connectivity index (χ0) is 24.2. The highest BCUT2D eigenvalue weighted by atomic mass is 32.1. The van der Waals surface area contributed by atoms with Crippen molar-refractivity contribution in [2.75, 3.05) is 32.8 Å². The maximum atomic E-state index is 13.0. The van der Waals surface area contributed by atoms with E-state index in [9.17, 15) is 14.4 Å². The van der Waals surface area contributed by atoms with Crippen molar-refractivity contribution in [2.24, 2.45) is 5.92 Å². The van der Waals surface area contributed by atoms with E-state index in [1.165, 1.54) is 11.3 Å². The van der Waals surface area contributed by atoms with Crippen molar-refractivity contribution in [3.63, 3.8) is 0 Å². The van der Waals surface area contributed by atoms with E-state index in [1.807, 2.05) is 15.8 Å². The lowest BCUT2D eigenvalue weighted by atomic mass is 10.1. The molecule has 4 heterocycles. The summed E-state index contributed by atoms with van der Waals surface area (Å²) in [5.74, 6) is 1.87. The molecule has 0 unspecified atom stereocenters. The Kier molecular flexibility index (Phi) is 7.50. The third kappa shape index (κ3) is 4.94. The van der Waals surface area contributed by atoms with Crippen LogP contribution in [0, 0.1) is 5.92 Å².